The summed E-state index contributed by atoms with van der Waals surface area (Å²) in [7, 11) is -1.70. The van der Waals surface area contributed by atoms with E-state index in [-0.39, 0.29) is 12.5 Å². The third-order valence-electron chi connectivity index (χ3n) is 5.20. The van der Waals surface area contributed by atoms with Crippen LogP contribution in [0.1, 0.15) is 26.1 Å². The van der Waals surface area contributed by atoms with Gasteiger partial charge in [0.1, 0.15) is 0 Å². The Labute approximate surface area is 182 Å². The van der Waals surface area contributed by atoms with Crippen LogP contribution in [0.4, 0.5) is 5.69 Å². The molecule has 8 nitrogen and oxygen atoms in total. The van der Waals surface area contributed by atoms with Crippen LogP contribution in [-0.2, 0) is 28.4 Å². The molecule has 0 aliphatic carbocycles. The van der Waals surface area contributed by atoms with Crippen molar-refractivity contribution in [1.82, 2.24) is 19.7 Å². The van der Waals surface area contributed by atoms with E-state index >= 15 is 0 Å². The van der Waals surface area contributed by atoms with Gasteiger partial charge in [-0.15, -0.1) is 10.2 Å². The minimum atomic E-state index is -3.49. The minimum absolute atomic E-state index is 0.0714. The standard InChI is InChI=1S/C20H29N5O3S2/c1-15-10-16(2)12-24(11-15)19(26)14-29-20-22-21-18(23(20)3)13-25(30(4,27)28)17-8-6-5-7-9-17/h5-9,15-16H,10-14H2,1-4H3. The van der Waals surface area contributed by atoms with Gasteiger partial charge >= 0.3 is 0 Å². The van der Waals surface area contributed by atoms with Crippen molar-refractivity contribution >= 4 is 33.4 Å². The molecule has 3 rings (SSSR count). The van der Waals surface area contributed by atoms with Gasteiger partial charge in [-0.1, -0.05) is 43.8 Å². The van der Waals surface area contributed by atoms with Crippen LogP contribution in [0.2, 0.25) is 0 Å². The van der Waals surface area contributed by atoms with Crippen molar-refractivity contribution in [2.45, 2.75) is 32.0 Å². The largest absolute Gasteiger partial charge is 0.341 e. The fraction of sp³-hybridized carbons (Fsp3) is 0.550. The van der Waals surface area contributed by atoms with E-state index in [1.165, 1.54) is 22.3 Å². The van der Waals surface area contributed by atoms with Crippen molar-refractivity contribution in [2.75, 3.05) is 29.4 Å². The van der Waals surface area contributed by atoms with Gasteiger partial charge in [0, 0.05) is 20.1 Å². The van der Waals surface area contributed by atoms with E-state index in [9.17, 15) is 13.2 Å². The Bertz CT molecular complexity index is 968. The Morgan fingerprint density at radius 3 is 2.40 bits per heavy atom. The first kappa shape index (κ1) is 22.6. The lowest BCUT2D eigenvalue weighted by Gasteiger charge is -2.34. The number of para-hydroxylation sites is 1. The highest BCUT2D eigenvalue weighted by Gasteiger charge is 2.26. The summed E-state index contributed by atoms with van der Waals surface area (Å²) in [6.07, 6.45) is 2.33. The summed E-state index contributed by atoms with van der Waals surface area (Å²) in [6, 6.07) is 8.90. The van der Waals surface area contributed by atoms with Gasteiger partial charge in [-0.25, -0.2) is 8.42 Å². The Hall–Kier alpha value is -2.07. The van der Waals surface area contributed by atoms with Crippen molar-refractivity contribution in [3.05, 3.63) is 36.2 Å². The van der Waals surface area contributed by atoms with Gasteiger partial charge in [-0.2, -0.15) is 0 Å². The zero-order valence-electron chi connectivity index (χ0n) is 17.9. The molecule has 164 valence electrons. The van der Waals surface area contributed by atoms with E-state index in [2.05, 4.69) is 24.0 Å². The summed E-state index contributed by atoms with van der Waals surface area (Å²) < 4.78 is 27.7. The molecule has 1 aromatic heterocycles. The molecule has 0 saturated carbocycles. The second-order valence-corrected chi connectivity index (χ2v) is 10.9. The van der Waals surface area contributed by atoms with Gasteiger partial charge in [0.15, 0.2) is 11.0 Å². The van der Waals surface area contributed by atoms with Crippen LogP contribution in [0.5, 0.6) is 0 Å². The highest BCUT2D eigenvalue weighted by molar-refractivity contribution is 7.99. The van der Waals surface area contributed by atoms with E-state index in [1.54, 1.807) is 35.9 Å². The molecule has 2 heterocycles. The van der Waals surface area contributed by atoms with Gasteiger partial charge in [0.2, 0.25) is 15.9 Å². The van der Waals surface area contributed by atoms with Crippen LogP contribution < -0.4 is 4.31 Å². The first-order valence-electron chi connectivity index (χ1n) is 9.96. The minimum Gasteiger partial charge on any atom is -0.341 e. The summed E-state index contributed by atoms with van der Waals surface area (Å²) in [5.74, 6) is 1.94. The average Bonchev–Trinajstić information content (AvgIpc) is 3.02. The molecule has 30 heavy (non-hydrogen) atoms. The SMILES string of the molecule is CC1CC(C)CN(C(=O)CSc2nnc(CN(c3ccccc3)S(C)(=O)=O)n2C)C1. The number of carbonyl (C=O) groups excluding carboxylic acids is 1. The van der Waals surface area contributed by atoms with Crippen LogP contribution in [0.15, 0.2) is 35.5 Å². The third kappa shape index (κ3) is 5.54. The number of thioether (sulfide) groups is 1. The van der Waals surface area contributed by atoms with E-state index in [4.69, 9.17) is 0 Å². The molecule has 1 aliphatic heterocycles. The molecule has 2 atom stereocenters. The normalized spacial score (nSPS) is 19.7. The van der Waals surface area contributed by atoms with Crippen LogP contribution in [0, 0.1) is 11.8 Å². The average molecular weight is 452 g/mol. The van der Waals surface area contributed by atoms with Gasteiger partial charge in [-0.05, 0) is 30.4 Å². The van der Waals surface area contributed by atoms with Crippen LogP contribution in [0.3, 0.4) is 0 Å². The number of nitrogens with zero attached hydrogens (tertiary/aromatic N) is 5. The molecular weight excluding hydrogens is 422 g/mol. The molecule has 10 heteroatoms. The first-order chi connectivity index (χ1) is 14.1. The zero-order valence-corrected chi connectivity index (χ0v) is 19.5. The number of amides is 1. The molecular formula is C20H29N5O3S2. The van der Waals surface area contributed by atoms with Gasteiger partial charge in [-0.3, -0.25) is 9.10 Å². The van der Waals surface area contributed by atoms with Crippen molar-refractivity contribution in [2.24, 2.45) is 18.9 Å². The predicted molar refractivity (Wildman–Crippen MR) is 119 cm³/mol. The third-order valence-corrected chi connectivity index (χ3v) is 7.35. The second kappa shape index (κ2) is 9.38. The van der Waals surface area contributed by atoms with Crippen molar-refractivity contribution in [1.29, 1.82) is 0 Å². The lowest BCUT2D eigenvalue weighted by atomic mass is 9.92. The highest BCUT2D eigenvalue weighted by Crippen LogP contribution is 2.24. The summed E-state index contributed by atoms with van der Waals surface area (Å²) >= 11 is 1.33. The Morgan fingerprint density at radius 2 is 1.80 bits per heavy atom. The summed E-state index contributed by atoms with van der Waals surface area (Å²) in [4.78, 5) is 14.6. The lowest BCUT2D eigenvalue weighted by Crippen LogP contribution is -2.43. The molecule has 0 bridgehead atoms. The number of sulfonamides is 1. The van der Waals surface area contributed by atoms with Crippen molar-refractivity contribution in [3.8, 4) is 0 Å². The smallest absolute Gasteiger partial charge is 0.233 e. The van der Waals surface area contributed by atoms with Crippen molar-refractivity contribution in [3.63, 3.8) is 0 Å². The molecule has 2 unspecified atom stereocenters. The topological polar surface area (TPSA) is 88.4 Å². The summed E-state index contributed by atoms with van der Waals surface area (Å²) in [6.45, 7) is 6.03. The number of piperidine rings is 1. The van der Waals surface area contributed by atoms with Crippen LogP contribution in [0.25, 0.3) is 0 Å². The maximum atomic E-state index is 12.6. The summed E-state index contributed by atoms with van der Waals surface area (Å²) in [5.41, 5.74) is 0.570. The van der Waals surface area contributed by atoms with Gasteiger partial charge < -0.3 is 9.47 Å². The molecule has 2 aromatic rings. The van der Waals surface area contributed by atoms with Crippen LogP contribution in [-0.4, -0.2) is 59.1 Å². The second-order valence-electron chi connectivity index (χ2n) is 8.10. The number of carbonyl (C=O) groups is 1. The Balaban J connectivity index is 1.67. The maximum Gasteiger partial charge on any atom is 0.233 e. The number of aromatic nitrogens is 3. The van der Waals surface area contributed by atoms with E-state index < -0.39 is 10.0 Å². The molecule has 1 aromatic carbocycles. The molecule has 0 N–H and O–H groups in total. The quantitative estimate of drug-likeness (QED) is 0.601. The Kier molecular flexibility index (Phi) is 7.07. The molecule has 0 radical (unpaired) electrons. The number of hydrogen-bond donors (Lipinski definition) is 0. The Morgan fingerprint density at radius 1 is 1.17 bits per heavy atom. The molecule has 1 saturated heterocycles. The predicted octanol–water partition coefficient (Wildman–Crippen LogP) is 2.38. The number of likely N-dealkylation sites (tertiary alicyclic amines) is 1. The van der Waals surface area contributed by atoms with Gasteiger partial charge in [0.05, 0.1) is 24.2 Å². The molecule has 0 spiro atoms. The fourth-order valence-corrected chi connectivity index (χ4v) is 5.50. The van der Waals surface area contributed by atoms with Crippen LogP contribution >= 0.6 is 11.8 Å². The van der Waals surface area contributed by atoms with Crippen molar-refractivity contribution < 1.29 is 13.2 Å². The van der Waals surface area contributed by atoms with E-state index in [0.29, 0.717) is 34.3 Å². The number of rotatable bonds is 7. The van der Waals surface area contributed by atoms with E-state index in [0.717, 1.165) is 19.5 Å². The first-order valence-corrected chi connectivity index (χ1v) is 12.8. The zero-order chi connectivity index (χ0) is 21.9. The molecule has 1 amide bonds. The number of anilines is 1. The fourth-order valence-electron chi connectivity index (χ4n) is 3.82. The van der Waals surface area contributed by atoms with E-state index in [1.807, 2.05) is 11.0 Å². The maximum absolute atomic E-state index is 12.6. The molecule has 1 aliphatic rings. The lowest BCUT2D eigenvalue weighted by molar-refractivity contribution is -0.130. The number of hydrogen-bond acceptors (Lipinski definition) is 6. The highest BCUT2D eigenvalue weighted by atomic mass is 32.2. The monoisotopic (exact) mass is 451 g/mol. The number of benzene rings is 1. The summed E-state index contributed by atoms with van der Waals surface area (Å²) in [5, 5.41) is 8.94. The van der Waals surface area contributed by atoms with Gasteiger partial charge in [0.25, 0.3) is 0 Å². The molecule has 1 fully saturated rings.